The summed E-state index contributed by atoms with van der Waals surface area (Å²) in [6.45, 7) is 6.01. The molecule has 1 aromatic rings. The van der Waals surface area contributed by atoms with Crippen molar-refractivity contribution in [3.05, 3.63) is 60.9 Å². The second-order valence-corrected chi connectivity index (χ2v) is 11.5. The zero-order valence-corrected chi connectivity index (χ0v) is 27.8. The van der Waals surface area contributed by atoms with E-state index in [4.69, 9.17) is 25.2 Å². The average Bonchev–Trinajstić information content (AvgIpc) is 3.32. The Balaban J connectivity index is 0.000000450. The van der Waals surface area contributed by atoms with Crippen LogP contribution in [0.15, 0.2) is 60.9 Å². The molecule has 0 bridgehead atoms. The number of anilines is 1. The second kappa shape index (κ2) is 21.6. The first-order chi connectivity index (χ1) is 23.8. The molecule has 2 fully saturated rings. The number of aliphatic carboxylic acids is 4. The molecule has 3 unspecified atom stereocenters. The number of nitrogens with zero attached hydrogens (tertiary/aromatic N) is 4. The molecule has 3 aliphatic rings. The van der Waals surface area contributed by atoms with Crippen LogP contribution in [-0.2, 0) is 38.3 Å². The largest absolute Gasteiger partial charge is 0.478 e. The molecule has 16 nitrogen and oxygen atoms in total. The van der Waals surface area contributed by atoms with Gasteiger partial charge in [-0.3, -0.25) is 24.2 Å². The third kappa shape index (κ3) is 14.8. The minimum Gasteiger partial charge on any atom is -0.478 e. The number of hydrogen-bond donors (Lipinski definition) is 4. The molecule has 3 heterocycles. The second-order valence-electron chi connectivity index (χ2n) is 11.5. The maximum atomic E-state index is 13.0. The normalized spacial score (nSPS) is 19.2. The zero-order chi connectivity index (χ0) is 37.1. The Labute approximate surface area is 289 Å². The summed E-state index contributed by atoms with van der Waals surface area (Å²) in [6, 6.07) is 5.90. The van der Waals surface area contributed by atoms with E-state index in [-0.39, 0.29) is 36.2 Å². The molecule has 272 valence electrons. The van der Waals surface area contributed by atoms with E-state index in [1.807, 2.05) is 30.4 Å². The predicted octanol–water partition coefficient (Wildman–Crippen LogP) is 2.07. The summed E-state index contributed by atoms with van der Waals surface area (Å²) in [5, 5.41) is 31.2. The number of rotatable bonds is 14. The number of allylic oxidation sites excluding steroid dienone is 2. The fourth-order valence-electron chi connectivity index (χ4n) is 5.42. The number of esters is 1. The van der Waals surface area contributed by atoms with Gasteiger partial charge in [0.2, 0.25) is 11.8 Å². The summed E-state index contributed by atoms with van der Waals surface area (Å²) in [5.41, 5.74) is 0. The van der Waals surface area contributed by atoms with Crippen LogP contribution in [0.1, 0.15) is 45.4 Å². The molecule has 0 saturated carbocycles. The maximum Gasteiger partial charge on any atom is 0.328 e. The lowest BCUT2D eigenvalue weighted by Crippen LogP contribution is -2.51. The Morgan fingerprint density at radius 1 is 0.800 bits per heavy atom. The van der Waals surface area contributed by atoms with E-state index in [9.17, 15) is 33.6 Å². The Bertz CT molecular complexity index is 1330. The van der Waals surface area contributed by atoms with Crippen molar-refractivity contribution in [2.75, 3.05) is 44.2 Å². The number of fused-ring (bicyclic) bond motifs is 1. The lowest BCUT2D eigenvalue weighted by molar-refractivity contribution is -0.155. The molecule has 2 amide bonds. The van der Waals surface area contributed by atoms with Gasteiger partial charge in [0, 0.05) is 69.6 Å². The average molecular weight is 701 g/mol. The number of pyridine rings is 1. The lowest BCUT2D eigenvalue weighted by Gasteiger charge is -2.37. The zero-order valence-electron chi connectivity index (χ0n) is 27.8. The summed E-state index contributed by atoms with van der Waals surface area (Å²) in [6.07, 6.45) is 11.9. The van der Waals surface area contributed by atoms with E-state index in [0.29, 0.717) is 50.1 Å². The van der Waals surface area contributed by atoms with Gasteiger partial charge in [-0.2, -0.15) is 0 Å². The third-order valence-electron chi connectivity index (χ3n) is 7.81. The minimum atomic E-state index is -1.26. The van der Waals surface area contributed by atoms with Crippen LogP contribution in [0, 0.1) is 11.8 Å². The highest BCUT2D eigenvalue weighted by molar-refractivity contribution is 6.05. The third-order valence-corrected chi connectivity index (χ3v) is 7.81. The molecule has 4 N–H and O–H groups in total. The number of carbonyl (C=O) groups is 7. The van der Waals surface area contributed by atoms with E-state index in [1.54, 1.807) is 6.20 Å². The van der Waals surface area contributed by atoms with Crippen molar-refractivity contribution in [3.63, 3.8) is 0 Å². The van der Waals surface area contributed by atoms with Gasteiger partial charge in [0.15, 0.2) is 0 Å². The number of carboxylic acids is 4. The van der Waals surface area contributed by atoms with Crippen LogP contribution < -0.4 is 4.90 Å². The van der Waals surface area contributed by atoms with Gasteiger partial charge in [-0.25, -0.2) is 24.2 Å². The quantitative estimate of drug-likeness (QED) is 0.0715. The monoisotopic (exact) mass is 700 g/mol. The van der Waals surface area contributed by atoms with E-state index in [1.165, 1.54) is 4.90 Å². The van der Waals surface area contributed by atoms with E-state index < -0.39 is 30.0 Å². The lowest BCUT2D eigenvalue weighted by atomic mass is 9.85. The van der Waals surface area contributed by atoms with Crippen LogP contribution in [0.5, 0.6) is 0 Å². The fourth-order valence-corrected chi connectivity index (χ4v) is 5.42. The van der Waals surface area contributed by atoms with Gasteiger partial charge in [0.05, 0.1) is 18.4 Å². The van der Waals surface area contributed by atoms with Gasteiger partial charge in [0.25, 0.3) is 0 Å². The number of imide groups is 1. The van der Waals surface area contributed by atoms with Crippen molar-refractivity contribution in [1.82, 2.24) is 14.8 Å². The first-order valence-electron chi connectivity index (χ1n) is 16.2. The molecule has 1 aliphatic carbocycles. The fraction of sp³-hybridized carbons (Fsp3) is 0.471. The first kappa shape index (κ1) is 40.8. The SMILES string of the molecule is CCCCCC(=O)OC(CN1CCN(c2ccccn2)CC1)CN1C(=O)C2CC=CCC2C1=O.O=C(O)/C=C/C(=O)O.O=C(O)/C=C/C(=O)O. The highest BCUT2D eigenvalue weighted by atomic mass is 16.5. The maximum absolute atomic E-state index is 13.0. The molecule has 50 heavy (non-hydrogen) atoms. The van der Waals surface area contributed by atoms with Gasteiger partial charge in [-0.15, -0.1) is 0 Å². The molecule has 0 radical (unpaired) electrons. The molecule has 1 aromatic heterocycles. The van der Waals surface area contributed by atoms with E-state index in [0.717, 1.165) is 51.3 Å². The molecule has 0 aromatic carbocycles. The van der Waals surface area contributed by atoms with Crippen molar-refractivity contribution in [2.45, 2.75) is 51.6 Å². The van der Waals surface area contributed by atoms with Crippen LogP contribution in [0.4, 0.5) is 5.82 Å². The summed E-state index contributed by atoms with van der Waals surface area (Å²) >= 11 is 0. The number of carbonyl (C=O) groups excluding carboxylic acids is 3. The summed E-state index contributed by atoms with van der Waals surface area (Å²) in [7, 11) is 0. The number of hydrogen-bond acceptors (Lipinski definition) is 11. The Morgan fingerprint density at radius 2 is 1.32 bits per heavy atom. The predicted molar refractivity (Wildman–Crippen MR) is 178 cm³/mol. The van der Waals surface area contributed by atoms with Gasteiger partial charge in [0.1, 0.15) is 11.9 Å². The number of piperazine rings is 1. The standard InChI is InChI=1S/C26H36N4O4.2C4H4O4/c1-2-3-4-12-24(31)34-20(19-30-25(32)21-9-5-6-10-22(21)26(30)33)18-28-14-16-29(17-15-28)23-11-7-8-13-27-23;2*5-3(6)1-2-4(7)8/h5-8,11,13,20-22H,2-4,9-10,12,14-19H2,1H3;2*1-2H,(H,5,6)(H,7,8)/b;2*2-1+. The van der Waals surface area contributed by atoms with Crippen LogP contribution in [-0.4, -0.2) is 122 Å². The molecular formula is C34H44N4O12. The number of aromatic nitrogens is 1. The summed E-state index contributed by atoms with van der Waals surface area (Å²) in [4.78, 5) is 87.0. The Kier molecular flexibility index (Phi) is 17.6. The van der Waals surface area contributed by atoms with Crippen molar-refractivity contribution in [2.24, 2.45) is 11.8 Å². The van der Waals surface area contributed by atoms with Crippen molar-refractivity contribution >= 4 is 47.5 Å². The number of ether oxygens (including phenoxy) is 1. The van der Waals surface area contributed by atoms with Crippen LogP contribution in [0.25, 0.3) is 0 Å². The molecule has 0 spiro atoms. The number of likely N-dealkylation sites (tertiary alicyclic amines) is 1. The van der Waals surface area contributed by atoms with Gasteiger partial charge in [-0.05, 0) is 31.4 Å². The van der Waals surface area contributed by atoms with Gasteiger partial charge < -0.3 is 30.1 Å². The van der Waals surface area contributed by atoms with Crippen LogP contribution >= 0.6 is 0 Å². The van der Waals surface area contributed by atoms with Crippen molar-refractivity contribution in [3.8, 4) is 0 Å². The highest BCUT2D eigenvalue weighted by Crippen LogP contribution is 2.35. The number of carboxylic acid groups (broad SMARTS) is 4. The van der Waals surface area contributed by atoms with Crippen LogP contribution in [0.2, 0.25) is 0 Å². The molecule has 2 aliphatic heterocycles. The summed E-state index contributed by atoms with van der Waals surface area (Å²) < 4.78 is 5.86. The Morgan fingerprint density at radius 3 is 1.76 bits per heavy atom. The first-order valence-corrected chi connectivity index (χ1v) is 16.2. The number of amides is 2. The van der Waals surface area contributed by atoms with Crippen LogP contribution in [0.3, 0.4) is 0 Å². The van der Waals surface area contributed by atoms with Crippen molar-refractivity contribution < 1.29 is 58.7 Å². The number of unbranched alkanes of at least 4 members (excludes halogenated alkanes) is 2. The minimum absolute atomic E-state index is 0.119. The van der Waals surface area contributed by atoms with Gasteiger partial charge >= 0.3 is 29.8 Å². The van der Waals surface area contributed by atoms with Crippen molar-refractivity contribution in [1.29, 1.82) is 0 Å². The topological polar surface area (TPSA) is 232 Å². The molecule has 16 heteroatoms. The Hall–Kier alpha value is -5.38. The summed E-state index contributed by atoms with van der Waals surface area (Å²) in [5.74, 6) is -5.08. The van der Waals surface area contributed by atoms with E-state index in [2.05, 4.69) is 21.7 Å². The van der Waals surface area contributed by atoms with E-state index >= 15 is 0 Å². The van der Waals surface area contributed by atoms with Gasteiger partial charge in [-0.1, -0.05) is 38.0 Å². The molecule has 4 rings (SSSR count). The molecular weight excluding hydrogens is 656 g/mol. The molecule has 3 atom stereocenters. The highest BCUT2D eigenvalue weighted by Gasteiger charge is 2.48. The molecule has 2 saturated heterocycles. The smallest absolute Gasteiger partial charge is 0.328 e.